The van der Waals surface area contributed by atoms with Crippen molar-refractivity contribution in [2.45, 2.75) is 40.2 Å². The molecule has 0 spiro atoms. The molecule has 0 aliphatic carbocycles. The lowest BCUT2D eigenvalue weighted by molar-refractivity contribution is -0.122. The highest BCUT2D eigenvalue weighted by atomic mass is 16.2. The fraction of sp³-hybridized carbons (Fsp3) is 0.296. The van der Waals surface area contributed by atoms with Gasteiger partial charge in [0, 0.05) is 42.7 Å². The van der Waals surface area contributed by atoms with E-state index in [1.807, 2.05) is 61.1 Å². The lowest BCUT2D eigenvalue weighted by Gasteiger charge is -2.31. The van der Waals surface area contributed by atoms with Crippen molar-refractivity contribution >= 4 is 17.0 Å². The van der Waals surface area contributed by atoms with Crippen LogP contribution in [0.3, 0.4) is 0 Å². The SMILES string of the molecule is Cc1cn2nc(C3=C\C(=O)N4C=C(C5=CCN(C(C)C)CC5)C=C\C4=C/C=C/3)cc2c(C)n1. The average Bonchev–Trinajstić information content (AvgIpc) is 3.21. The highest BCUT2D eigenvalue weighted by molar-refractivity contribution is 5.99. The molecule has 5 heterocycles. The third kappa shape index (κ3) is 4.14. The normalized spacial score (nSPS) is 23.3. The van der Waals surface area contributed by atoms with Crippen LogP contribution in [0.5, 0.6) is 0 Å². The van der Waals surface area contributed by atoms with Crippen molar-refractivity contribution in [1.82, 2.24) is 24.4 Å². The fourth-order valence-corrected chi connectivity index (χ4v) is 4.54. The van der Waals surface area contributed by atoms with Crippen LogP contribution in [0.15, 0.2) is 77.8 Å². The Morgan fingerprint density at radius 2 is 1.94 bits per heavy atom. The number of aryl methyl sites for hydroxylation is 2. The second-order valence-electron chi connectivity index (χ2n) is 9.07. The number of hydrogen-bond acceptors (Lipinski definition) is 4. The molecule has 1 amide bonds. The van der Waals surface area contributed by atoms with Crippen LogP contribution in [0.25, 0.3) is 11.1 Å². The molecule has 3 aliphatic heterocycles. The van der Waals surface area contributed by atoms with Crippen molar-refractivity contribution in [1.29, 1.82) is 0 Å². The van der Waals surface area contributed by atoms with Gasteiger partial charge in [-0.2, -0.15) is 5.10 Å². The first-order valence-electron chi connectivity index (χ1n) is 11.5. The molecule has 168 valence electrons. The predicted molar refractivity (Wildman–Crippen MR) is 131 cm³/mol. The molecular formula is C27H29N5O. The van der Waals surface area contributed by atoms with Gasteiger partial charge in [-0.25, -0.2) is 4.52 Å². The zero-order chi connectivity index (χ0) is 23.1. The molecule has 2 aromatic heterocycles. The molecule has 2 aromatic rings. The molecule has 0 radical (unpaired) electrons. The largest absolute Gasteiger partial charge is 0.297 e. The summed E-state index contributed by atoms with van der Waals surface area (Å²) >= 11 is 0. The maximum atomic E-state index is 13.3. The van der Waals surface area contributed by atoms with Gasteiger partial charge in [0.2, 0.25) is 0 Å². The molecule has 3 aliphatic rings. The zero-order valence-electron chi connectivity index (χ0n) is 19.6. The predicted octanol–water partition coefficient (Wildman–Crippen LogP) is 4.51. The average molecular weight is 440 g/mol. The van der Waals surface area contributed by atoms with Gasteiger partial charge in [-0.1, -0.05) is 24.3 Å². The first-order chi connectivity index (χ1) is 15.9. The van der Waals surface area contributed by atoms with Gasteiger partial charge in [0.1, 0.15) is 0 Å². The number of allylic oxidation sites excluding steroid dienone is 7. The topological polar surface area (TPSA) is 53.7 Å². The molecule has 0 saturated carbocycles. The maximum absolute atomic E-state index is 13.3. The van der Waals surface area contributed by atoms with Crippen LogP contribution in [-0.4, -0.2) is 49.4 Å². The van der Waals surface area contributed by atoms with Crippen LogP contribution in [-0.2, 0) is 4.79 Å². The van der Waals surface area contributed by atoms with E-state index in [1.165, 1.54) is 5.57 Å². The Kier molecular flexibility index (Phi) is 5.46. The lowest BCUT2D eigenvalue weighted by atomic mass is 9.96. The minimum Gasteiger partial charge on any atom is -0.297 e. The van der Waals surface area contributed by atoms with E-state index in [0.717, 1.165) is 59.0 Å². The maximum Gasteiger partial charge on any atom is 0.255 e. The van der Waals surface area contributed by atoms with Crippen molar-refractivity contribution in [3.05, 3.63) is 94.9 Å². The molecule has 6 nitrogen and oxygen atoms in total. The molecule has 5 rings (SSSR count). The Hall–Kier alpha value is -3.51. The third-order valence-corrected chi connectivity index (χ3v) is 6.44. The highest BCUT2D eigenvalue weighted by Crippen LogP contribution is 2.29. The third-order valence-electron chi connectivity index (χ3n) is 6.44. The monoisotopic (exact) mass is 439 g/mol. The van der Waals surface area contributed by atoms with Crippen molar-refractivity contribution in [3.63, 3.8) is 0 Å². The number of carbonyl (C=O) groups excluding carboxylic acids is 1. The molecule has 0 fully saturated rings. The fourth-order valence-electron chi connectivity index (χ4n) is 4.54. The molecule has 0 aromatic carbocycles. The summed E-state index contributed by atoms with van der Waals surface area (Å²) in [5.74, 6) is -0.0780. The zero-order valence-corrected chi connectivity index (χ0v) is 19.6. The summed E-state index contributed by atoms with van der Waals surface area (Å²) in [6.07, 6.45) is 18.9. The van der Waals surface area contributed by atoms with Crippen molar-refractivity contribution in [2.75, 3.05) is 13.1 Å². The summed E-state index contributed by atoms with van der Waals surface area (Å²) in [5.41, 5.74) is 7.58. The summed E-state index contributed by atoms with van der Waals surface area (Å²) in [4.78, 5) is 22.0. The molecule has 6 heteroatoms. The Bertz CT molecular complexity index is 1320. The second-order valence-corrected chi connectivity index (χ2v) is 9.07. The van der Waals surface area contributed by atoms with Gasteiger partial charge in [0.15, 0.2) is 0 Å². The summed E-state index contributed by atoms with van der Waals surface area (Å²) in [6.45, 7) is 10.4. The number of hydrogen-bond donors (Lipinski definition) is 0. The van der Waals surface area contributed by atoms with E-state index in [1.54, 1.807) is 11.0 Å². The van der Waals surface area contributed by atoms with Crippen LogP contribution < -0.4 is 0 Å². The van der Waals surface area contributed by atoms with Crippen LogP contribution in [0.2, 0.25) is 0 Å². The standard InChI is InChI=1S/C27H29N5O/c1-18(2)30-12-10-21(11-13-30)23-8-9-24-7-5-6-22(14-27(33)31(24)17-23)25-15-26-20(4)28-19(3)16-32(26)29-25/h5-10,14-18H,11-13H2,1-4H3/b6-5+,22-14+,24-7+. The molecule has 0 unspecified atom stereocenters. The Labute approximate surface area is 194 Å². The Morgan fingerprint density at radius 3 is 2.70 bits per heavy atom. The van der Waals surface area contributed by atoms with Crippen molar-refractivity contribution in [2.24, 2.45) is 0 Å². The van der Waals surface area contributed by atoms with E-state index in [0.29, 0.717) is 6.04 Å². The molecule has 0 saturated heterocycles. The summed E-state index contributed by atoms with van der Waals surface area (Å²) < 4.78 is 1.84. The van der Waals surface area contributed by atoms with Crippen molar-refractivity contribution < 1.29 is 4.79 Å². The van der Waals surface area contributed by atoms with Crippen LogP contribution in [0.1, 0.15) is 37.4 Å². The van der Waals surface area contributed by atoms with Gasteiger partial charge in [-0.05, 0) is 63.5 Å². The molecule has 0 atom stereocenters. The Morgan fingerprint density at radius 1 is 1.09 bits per heavy atom. The van der Waals surface area contributed by atoms with Gasteiger partial charge in [-0.3, -0.25) is 19.6 Å². The number of fused-ring (bicyclic) bond motifs is 2. The van der Waals surface area contributed by atoms with E-state index in [9.17, 15) is 4.79 Å². The van der Waals surface area contributed by atoms with E-state index in [-0.39, 0.29) is 5.91 Å². The van der Waals surface area contributed by atoms with Gasteiger partial charge >= 0.3 is 0 Å². The van der Waals surface area contributed by atoms with Crippen molar-refractivity contribution in [3.8, 4) is 0 Å². The highest BCUT2D eigenvalue weighted by Gasteiger charge is 2.22. The van der Waals surface area contributed by atoms with E-state index < -0.39 is 0 Å². The smallest absolute Gasteiger partial charge is 0.255 e. The first kappa shape index (κ1) is 21.3. The second kappa shape index (κ2) is 8.45. The molecular weight excluding hydrogens is 410 g/mol. The summed E-state index contributed by atoms with van der Waals surface area (Å²) in [7, 11) is 0. The van der Waals surface area contributed by atoms with E-state index >= 15 is 0 Å². The molecule has 0 bridgehead atoms. The number of aromatic nitrogens is 3. The summed E-state index contributed by atoms with van der Waals surface area (Å²) in [6, 6.07) is 2.53. The number of amides is 1. The van der Waals surface area contributed by atoms with Crippen LogP contribution >= 0.6 is 0 Å². The number of rotatable bonds is 3. The van der Waals surface area contributed by atoms with E-state index in [2.05, 4.69) is 35.9 Å². The number of carbonyl (C=O) groups is 1. The lowest BCUT2D eigenvalue weighted by Crippen LogP contribution is -2.35. The van der Waals surface area contributed by atoms with Gasteiger partial charge in [0.05, 0.1) is 28.8 Å². The van der Waals surface area contributed by atoms with Gasteiger partial charge < -0.3 is 0 Å². The van der Waals surface area contributed by atoms with Crippen LogP contribution in [0, 0.1) is 13.8 Å². The number of nitrogens with zero attached hydrogens (tertiary/aromatic N) is 5. The quantitative estimate of drug-likeness (QED) is 0.706. The summed E-state index contributed by atoms with van der Waals surface area (Å²) in [5, 5.41) is 4.70. The van der Waals surface area contributed by atoms with Gasteiger partial charge in [-0.15, -0.1) is 0 Å². The van der Waals surface area contributed by atoms with Crippen LogP contribution in [0.4, 0.5) is 0 Å². The first-order valence-corrected chi connectivity index (χ1v) is 11.5. The molecule has 0 N–H and O–H groups in total. The molecule has 33 heavy (non-hydrogen) atoms. The van der Waals surface area contributed by atoms with E-state index in [4.69, 9.17) is 5.10 Å². The Balaban J connectivity index is 1.46. The minimum absolute atomic E-state index is 0.0780. The minimum atomic E-state index is -0.0780. The van der Waals surface area contributed by atoms with Gasteiger partial charge in [0.25, 0.3) is 5.91 Å².